The third-order valence-corrected chi connectivity index (χ3v) is 4.43. The maximum Gasteiger partial charge on any atom is 0.270 e. The molecular formula is C23H27N5O. The minimum atomic E-state index is -0.204. The number of hydrogen-bond acceptors (Lipinski definition) is 5. The maximum atomic E-state index is 12.6. The van der Waals surface area contributed by atoms with Crippen LogP contribution in [0.15, 0.2) is 60.7 Å². The molecule has 0 saturated heterocycles. The van der Waals surface area contributed by atoms with Gasteiger partial charge in [-0.2, -0.15) is 0 Å². The number of nitrogens with one attached hydrogen (secondary N) is 2. The molecule has 1 heterocycles. The Bertz CT molecular complexity index is 939. The van der Waals surface area contributed by atoms with Crippen molar-refractivity contribution in [1.82, 2.24) is 20.2 Å². The highest BCUT2D eigenvalue weighted by Gasteiger charge is 2.13. The van der Waals surface area contributed by atoms with Crippen molar-refractivity contribution in [3.8, 4) is 11.4 Å². The van der Waals surface area contributed by atoms with Gasteiger partial charge in [0.1, 0.15) is 11.5 Å². The van der Waals surface area contributed by atoms with Crippen LogP contribution in [0, 0.1) is 6.92 Å². The topological polar surface area (TPSA) is 70.2 Å². The lowest BCUT2D eigenvalue weighted by Crippen LogP contribution is -2.32. The predicted molar refractivity (Wildman–Crippen MR) is 117 cm³/mol. The van der Waals surface area contributed by atoms with Gasteiger partial charge in [-0.15, -0.1) is 0 Å². The molecular weight excluding hydrogens is 362 g/mol. The van der Waals surface area contributed by atoms with Crippen LogP contribution in [0.2, 0.25) is 0 Å². The Morgan fingerprint density at radius 1 is 1.00 bits per heavy atom. The minimum absolute atomic E-state index is 0.204. The number of carbonyl (C=O) groups excluding carboxylic acids is 1. The summed E-state index contributed by atoms with van der Waals surface area (Å²) in [5.74, 6) is 0.944. The van der Waals surface area contributed by atoms with E-state index in [9.17, 15) is 4.79 Å². The van der Waals surface area contributed by atoms with Crippen LogP contribution in [0.25, 0.3) is 11.4 Å². The quantitative estimate of drug-likeness (QED) is 0.618. The molecule has 0 bridgehead atoms. The first-order valence-corrected chi connectivity index (χ1v) is 9.68. The smallest absolute Gasteiger partial charge is 0.270 e. The highest BCUT2D eigenvalue weighted by Crippen LogP contribution is 2.18. The zero-order valence-corrected chi connectivity index (χ0v) is 17.1. The van der Waals surface area contributed by atoms with Crippen LogP contribution in [0.4, 0.5) is 5.82 Å². The van der Waals surface area contributed by atoms with E-state index in [1.807, 2.05) is 49.3 Å². The Labute approximate surface area is 172 Å². The lowest BCUT2D eigenvalue weighted by molar-refractivity contribution is 0.0946. The highest BCUT2D eigenvalue weighted by molar-refractivity contribution is 5.93. The molecule has 1 amide bonds. The molecule has 0 radical (unpaired) electrons. The van der Waals surface area contributed by atoms with Crippen LogP contribution in [0.1, 0.15) is 21.6 Å². The number of hydrogen-bond donors (Lipinski definition) is 2. The summed E-state index contributed by atoms with van der Waals surface area (Å²) in [5.41, 5.74) is 3.59. The molecule has 2 N–H and O–H groups in total. The summed E-state index contributed by atoms with van der Waals surface area (Å²) in [6.07, 6.45) is 0. The first-order chi connectivity index (χ1) is 14.0. The molecule has 0 unspecified atom stereocenters. The van der Waals surface area contributed by atoms with Crippen LogP contribution in [0.5, 0.6) is 0 Å². The predicted octanol–water partition coefficient (Wildman–Crippen LogP) is 3.36. The van der Waals surface area contributed by atoms with E-state index in [0.717, 1.165) is 17.7 Å². The summed E-state index contributed by atoms with van der Waals surface area (Å²) in [6.45, 7) is 4.01. The molecule has 0 saturated carbocycles. The second-order valence-corrected chi connectivity index (χ2v) is 7.23. The molecule has 0 aliphatic carbocycles. The lowest BCUT2D eigenvalue weighted by Gasteiger charge is -2.12. The van der Waals surface area contributed by atoms with Gasteiger partial charge < -0.3 is 15.5 Å². The number of rotatable bonds is 8. The third-order valence-electron chi connectivity index (χ3n) is 4.43. The average Bonchev–Trinajstić information content (AvgIpc) is 2.73. The van der Waals surface area contributed by atoms with Crippen LogP contribution in [-0.2, 0) is 6.54 Å². The number of nitrogens with zero attached hydrogens (tertiary/aromatic N) is 3. The van der Waals surface area contributed by atoms with Gasteiger partial charge in [-0.3, -0.25) is 4.79 Å². The molecule has 2 aromatic carbocycles. The van der Waals surface area contributed by atoms with Gasteiger partial charge >= 0.3 is 0 Å². The van der Waals surface area contributed by atoms with Gasteiger partial charge in [0.15, 0.2) is 5.82 Å². The zero-order valence-electron chi connectivity index (χ0n) is 17.1. The lowest BCUT2D eigenvalue weighted by atomic mass is 10.1. The van der Waals surface area contributed by atoms with Gasteiger partial charge in [0.2, 0.25) is 0 Å². The van der Waals surface area contributed by atoms with Crippen molar-refractivity contribution in [2.24, 2.45) is 0 Å². The van der Waals surface area contributed by atoms with E-state index in [4.69, 9.17) is 0 Å². The minimum Gasteiger partial charge on any atom is -0.366 e. The summed E-state index contributed by atoms with van der Waals surface area (Å²) in [6, 6.07) is 19.7. The number of anilines is 1. The molecule has 150 valence electrons. The van der Waals surface area contributed by atoms with E-state index in [1.165, 1.54) is 5.56 Å². The molecule has 0 fully saturated rings. The van der Waals surface area contributed by atoms with Crippen molar-refractivity contribution in [1.29, 1.82) is 0 Å². The molecule has 0 atom stereocenters. The van der Waals surface area contributed by atoms with Crippen LogP contribution >= 0.6 is 0 Å². The Hall–Kier alpha value is -3.25. The van der Waals surface area contributed by atoms with E-state index >= 15 is 0 Å². The monoisotopic (exact) mass is 389 g/mol. The van der Waals surface area contributed by atoms with Crippen LogP contribution in [-0.4, -0.2) is 48.0 Å². The van der Waals surface area contributed by atoms with E-state index in [1.54, 1.807) is 6.07 Å². The van der Waals surface area contributed by atoms with Crippen molar-refractivity contribution < 1.29 is 4.79 Å². The van der Waals surface area contributed by atoms with Gasteiger partial charge in [0.05, 0.1) is 0 Å². The fourth-order valence-corrected chi connectivity index (χ4v) is 2.75. The van der Waals surface area contributed by atoms with Crippen molar-refractivity contribution in [2.75, 3.05) is 32.5 Å². The summed E-state index contributed by atoms with van der Waals surface area (Å²) >= 11 is 0. The van der Waals surface area contributed by atoms with Crippen LogP contribution in [0.3, 0.4) is 0 Å². The normalized spacial score (nSPS) is 10.8. The number of aryl methyl sites for hydroxylation is 1. The average molecular weight is 390 g/mol. The van der Waals surface area contributed by atoms with Crippen molar-refractivity contribution in [2.45, 2.75) is 13.5 Å². The molecule has 3 aromatic rings. The Kier molecular flexibility index (Phi) is 6.92. The Balaban J connectivity index is 1.82. The zero-order chi connectivity index (χ0) is 20.6. The summed E-state index contributed by atoms with van der Waals surface area (Å²) in [4.78, 5) is 23.8. The maximum absolute atomic E-state index is 12.6. The van der Waals surface area contributed by atoms with Gasteiger partial charge in [0, 0.05) is 31.3 Å². The van der Waals surface area contributed by atoms with E-state index in [0.29, 0.717) is 30.4 Å². The van der Waals surface area contributed by atoms with Gasteiger partial charge in [-0.25, -0.2) is 9.97 Å². The first-order valence-electron chi connectivity index (χ1n) is 9.68. The highest BCUT2D eigenvalue weighted by atomic mass is 16.1. The molecule has 0 spiro atoms. The largest absolute Gasteiger partial charge is 0.366 e. The molecule has 3 rings (SSSR count). The van der Waals surface area contributed by atoms with Crippen molar-refractivity contribution >= 4 is 11.7 Å². The molecule has 29 heavy (non-hydrogen) atoms. The van der Waals surface area contributed by atoms with Crippen molar-refractivity contribution in [3.63, 3.8) is 0 Å². The Morgan fingerprint density at radius 3 is 2.41 bits per heavy atom. The third kappa shape index (κ3) is 6.12. The SMILES string of the molecule is Cc1ccc(CNc2cc(C(=O)NCCN(C)C)nc(-c3ccccc3)n2)cc1. The number of benzene rings is 2. The molecule has 0 aliphatic heterocycles. The summed E-state index contributed by atoms with van der Waals surface area (Å²) in [5, 5.41) is 6.24. The summed E-state index contributed by atoms with van der Waals surface area (Å²) in [7, 11) is 3.94. The fourth-order valence-electron chi connectivity index (χ4n) is 2.75. The summed E-state index contributed by atoms with van der Waals surface area (Å²) < 4.78 is 0. The standard InChI is InChI=1S/C23H27N5O/c1-17-9-11-18(12-10-17)16-25-21-15-20(23(29)24-13-14-28(2)3)26-22(27-21)19-7-5-4-6-8-19/h4-12,15H,13-14,16H2,1-3H3,(H,24,29)(H,25,26,27). The van der Waals surface area contributed by atoms with Gasteiger partial charge in [-0.05, 0) is 26.6 Å². The number of amides is 1. The second kappa shape index (κ2) is 9.80. The Morgan fingerprint density at radius 2 is 1.72 bits per heavy atom. The number of aromatic nitrogens is 2. The molecule has 6 nitrogen and oxygen atoms in total. The molecule has 1 aromatic heterocycles. The second-order valence-electron chi connectivity index (χ2n) is 7.23. The van der Waals surface area contributed by atoms with Gasteiger partial charge in [0.25, 0.3) is 5.91 Å². The number of likely N-dealkylation sites (N-methyl/N-ethyl adjacent to an activating group) is 1. The van der Waals surface area contributed by atoms with E-state index in [-0.39, 0.29) is 5.91 Å². The molecule has 0 aliphatic rings. The van der Waals surface area contributed by atoms with Crippen LogP contribution < -0.4 is 10.6 Å². The fraction of sp³-hybridized carbons (Fsp3) is 0.261. The van der Waals surface area contributed by atoms with E-state index < -0.39 is 0 Å². The van der Waals surface area contributed by atoms with Crippen molar-refractivity contribution in [3.05, 3.63) is 77.5 Å². The molecule has 6 heteroatoms. The number of carbonyl (C=O) groups is 1. The van der Waals surface area contributed by atoms with Gasteiger partial charge in [-0.1, -0.05) is 60.2 Å². The van der Waals surface area contributed by atoms with E-state index in [2.05, 4.69) is 51.8 Å². The first kappa shape index (κ1) is 20.5.